The third kappa shape index (κ3) is 3.71. The molecule has 0 saturated heterocycles. The van der Waals surface area contributed by atoms with Gasteiger partial charge in [-0.05, 0) is 57.8 Å². The smallest absolute Gasteiger partial charge is 0.180 e. The Morgan fingerprint density at radius 1 is 1.20 bits per heavy atom. The van der Waals surface area contributed by atoms with E-state index in [0.717, 1.165) is 20.4 Å². The maximum absolute atomic E-state index is 12.9. The van der Waals surface area contributed by atoms with E-state index in [4.69, 9.17) is 4.74 Å². The number of fused-ring (bicyclic) bond motifs is 1. The van der Waals surface area contributed by atoms with Crippen molar-refractivity contribution in [3.8, 4) is 5.75 Å². The zero-order valence-electron chi connectivity index (χ0n) is 14.5. The number of methoxy groups -OCH3 is 1. The van der Waals surface area contributed by atoms with Gasteiger partial charge in [0.2, 0.25) is 0 Å². The average Bonchev–Trinajstić information content (AvgIpc) is 2.69. The monoisotopic (exact) mass is 471 g/mol. The predicted molar refractivity (Wildman–Crippen MR) is 108 cm³/mol. The Bertz CT molecular complexity index is 880. The van der Waals surface area contributed by atoms with E-state index in [1.54, 1.807) is 19.2 Å². The van der Waals surface area contributed by atoms with Crippen LogP contribution in [-0.2, 0) is 9.84 Å². The summed E-state index contributed by atoms with van der Waals surface area (Å²) in [5, 5.41) is 3.58. The zero-order chi connectivity index (χ0) is 18.2. The van der Waals surface area contributed by atoms with Crippen molar-refractivity contribution in [3.05, 3.63) is 57.2 Å². The Morgan fingerprint density at radius 2 is 1.92 bits per heavy atom. The molecule has 0 fully saturated rings. The van der Waals surface area contributed by atoms with Crippen molar-refractivity contribution in [1.82, 2.24) is 5.32 Å². The van der Waals surface area contributed by atoms with Crippen LogP contribution in [0, 0.1) is 9.49 Å². The number of rotatable bonds is 3. The van der Waals surface area contributed by atoms with Gasteiger partial charge in [0.25, 0.3) is 0 Å². The number of ether oxygens (including phenoxy) is 1. The molecule has 0 saturated carbocycles. The number of sulfone groups is 1. The molecule has 2 aromatic carbocycles. The lowest BCUT2D eigenvalue weighted by molar-refractivity contribution is 0.401. The number of hydrogen-bond acceptors (Lipinski definition) is 4. The van der Waals surface area contributed by atoms with Crippen molar-refractivity contribution in [3.63, 3.8) is 0 Å². The lowest BCUT2D eigenvalue weighted by Gasteiger charge is -2.26. The summed E-state index contributed by atoms with van der Waals surface area (Å²) >= 11 is 2.25. The van der Waals surface area contributed by atoms with Crippen LogP contribution >= 0.6 is 22.6 Å². The van der Waals surface area contributed by atoms with Crippen LogP contribution in [0.5, 0.6) is 5.75 Å². The second-order valence-corrected chi connectivity index (χ2v) is 9.83. The fourth-order valence-corrected chi connectivity index (χ4v) is 5.93. The van der Waals surface area contributed by atoms with E-state index in [0.29, 0.717) is 4.90 Å². The minimum absolute atomic E-state index is 0.109. The van der Waals surface area contributed by atoms with Crippen molar-refractivity contribution < 1.29 is 13.2 Å². The summed E-state index contributed by atoms with van der Waals surface area (Å²) in [4.78, 5) is 0.432. The van der Waals surface area contributed by atoms with Crippen molar-refractivity contribution in [2.24, 2.45) is 5.92 Å². The highest BCUT2D eigenvalue weighted by molar-refractivity contribution is 14.1. The number of hydrogen-bond donors (Lipinski definition) is 1. The molecule has 134 valence electrons. The molecule has 25 heavy (non-hydrogen) atoms. The molecule has 1 aliphatic rings. The molecule has 0 spiro atoms. The zero-order valence-corrected chi connectivity index (χ0v) is 17.5. The molecule has 6 heteroatoms. The van der Waals surface area contributed by atoms with Crippen LogP contribution in [-0.4, -0.2) is 27.3 Å². The number of benzene rings is 2. The van der Waals surface area contributed by atoms with Crippen LogP contribution in [0.3, 0.4) is 0 Å². The topological polar surface area (TPSA) is 55.4 Å². The van der Waals surface area contributed by atoms with E-state index in [-0.39, 0.29) is 23.8 Å². The average molecular weight is 471 g/mol. The Kier molecular flexibility index (Phi) is 5.41. The van der Waals surface area contributed by atoms with Crippen LogP contribution in [0.4, 0.5) is 0 Å². The molecule has 0 aliphatic carbocycles. The maximum Gasteiger partial charge on any atom is 0.180 e. The minimum Gasteiger partial charge on any atom is -0.496 e. The molecule has 2 atom stereocenters. The minimum atomic E-state index is -3.33. The number of nitrogens with one attached hydrogen (secondary N) is 1. The first-order valence-electron chi connectivity index (χ1n) is 8.24. The summed E-state index contributed by atoms with van der Waals surface area (Å²) in [6.45, 7) is 4.11. The van der Waals surface area contributed by atoms with Gasteiger partial charge in [0.15, 0.2) is 9.84 Å². The second kappa shape index (κ2) is 7.25. The van der Waals surface area contributed by atoms with Gasteiger partial charge in [-0.2, -0.15) is 0 Å². The van der Waals surface area contributed by atoms with Gasteiger partial charge in [-0.25, -0.2) is 8.42 Å². The summed E-state index contributed by atoms with van der Waals surface area (Å²) < 4.78 is 32.1. The summed E-state index contributed by atoms with van der Waals surface area (Å²) in [5.41, 5.74) is 1.85. The first-order valence-corrected chi connectivity index (χ1v) is 11.0. The van der Waals surface area contributed by atoms with Crippen LogP contribution in [0.1, 0.15) is 31.0 Å². The van der Waals surface area contributed by atoms with Crippen molar-refractivity contribution in [1.29, 1.82) is 0 Å². The molecule has 2 unspecified atom stereocenters. The standard InChI is InChI=1S/C19H22INO3S/c1-12(2)16-11-25(22,23)18-7-5-4-6-14(18)19(21-16)13-8-9-17(24-3)15(20)10-13/h4-10,12,16,19,21H,11H2,1-3H3. The van der Waals surface area contributed by atoms with E-state index < -0.39 is 9.84 Å². The third-order valence-corrected chi connectivity index (χ3v) is 7.34. The molecule has 0 aromatic heterocycles. The molecule has 3 rings (SSSR count). The Labute approximate surface area is 163 Å². The molecule has 4 nitrogen and oxygen atoms in total. The fraction of sp³-hybridized carbons (Fsp3) is 0.368. The van der Waals surface area contributed by atoms with E-state index in [1.165, 1.54) is 0 Å². The summed E-state index contributed by atoms with van der Waals surface area (Å²) in [6, 6.07) is 13.0. The summed E-state index contributed by atoms with van der Waals surface area (Å²) in [7, 11) is -1.68. The first kappa shape index (κ1) is 18.7. The van der Waals surface area contributed by atoms with Gasteiger partial charge < -0.3 is 10.1 Å². The molecular formula is C19H22INO3S. The van der Waals surface area contributed by atoms with Crippen molar-refractivity contribution in [2.45, 2.75) is 30.8 Å². The van der Waals surface area contributed by atoms with E-state index in [9.17, 15) is 8.42 Å². The Hall–Kier alpha value is -1.12. The highest BCUT2D eigenvalue weighted by Crippen LogP contribution is 2.35. The van der Waals surface area contributed by atoms with Crippen LogP contribution in [0.2, 0.25) is 0 Å². The van der Waals surface area contributed by atoms with E-state index >= 15 is 0 Å². The molecule has 2 aromatic rings. The fourth-order valence-electron chi connectivity index (χ4n) is 3.20. The molecule has 0 bridgehead atoms. The van der Waals surface area contributed by atoms with Gasteiger partial charge in [-0.3, -0.25) is 0 Å². The quantitative estimate of drug-likeness (QED) is 0.693. The van der Waals surface area contributed by atoms with Gasteiger partial charge >= 0.3 is 0 Å². The van der Waals surface area contributed by atoms with Crippen LogP contribution < -0.4 is 10.1 Å². The molecule has 1 heterocycles. The highest BCUT2D eigenvalue weighted by atomic mass is 127. The van der Waals surface area contributed by atoms with Crippen molar-refractivity contribution >= 4 is 32.4 Å². The molecule has 1 N–H and O–H groups in total. The SMILES string of the molecule is COc1ccc(C2NC(C(C)C)CS(=O)(=O)c3ccccc32)cc1I. The Balaban J connectivity index is 2.17. The third-order valence-electron chi connectivity index (χ3n) is 4.66. The maximum atomic E-state index is 12.9. The van der Waals surface area contributed by atoms with Gasteiger partial charge in [0, 0.05) is 6.04 Å². The largest absolute Gasteiger partial charge is 0.496 e. The number of halogens is 1. The van der Waals surface area contributed by atoms with E-state index in [2.05, 4.69) is 47.8 Å². The van der Waals surface area contributed by atoms with E-state index in [1.807, 2.05) is 24.3 Å². The van der Waals surface area contributed by atoms with Gasteiger partial charge in [-0.1, -0.05) is 38.1 Å². The van der Waals surface area contributed by atoms with Gasteiger partial charge in [0.1, 0.15) is 5.75 Å². The molecule has 0 radical (unpaired) electrons. The predicted octanol–water partition coefficient (Wildman–Crippen LogP) is 3.79. The summed E-state index contributed by atoms with van der Waals surface area (Å²) in [5.74, 6) is 1.15. The van der Waals surface area contributed by atoms with Crippen LogP contribution in [0.15, 0.2) is 47.4 Å². The second-order valence-electron chi connectivity index (χ2n) is 6.66. The highest BCUT2D eigenvalue weighted by Gasteiger charge is 2.34. The normalized spacial score (nSPS) is 22.3. The van der Waals surface area contributed by atoms with Gasteiger partial charge in [0.05, 0.1) is 27.4 Å². The van der Waals surface area contributed by atoms with Crippen molar-refractivity contribution in [2.75, 3.05) is 12.9 Å². The molecule has 1 aliphatic heterocycles. The van der Waals surface area contributed by atoms with Crippen LogP contribution in [0.25, 0.3) is 0 Å². The molecular weight excluding hydrogens is 449 g/mol. The van der Waals surface area contributed by atoms with Gasteiger partial charge in [-0.15, -0.1) is 0 Å². The summed E-state index contributed by atoms with van der Waals surface area (Å²) in [6.07, 6.45) is 0. The lowest BCUT2D eigenvalue weighted by atomic mass is 9.96. The Morgan fingerprint density at radius 3 is 2.56 bits per heavy atom. The first-order chi connectivity index (χ1) is 11.8. The lowest BCUT2D eigenvalue weighted by Crippen LogP contribution is -2.39. The molecule has 0 amide bonds.